The van der Waals surface area contributed by atoms with Crippen LogP contribution < -0.4 is 15.0 Å². The van der Waals surface area contributed by atoms with Gasteiger partial charge in [-0.1, -0.05) is 0 Å². The van der Waals surface area contributed by atoms with Crippen LogP contribution in [-0.4, -0.2) is 69.6 Å². The second-order valence-electron chi connectivity index (χ2n) is 11.7. The quantitative estimate of drug-likeness (QED) is 0.402. The summed E-state index contributed by atoms with van der Waals surface area (Å²) in [5.41, 5.74) is 0.758. The summed E-state index contributed by atoms with van der Waals surface area (Å²) < 4.78 is 50.0. The number of aromatic nitrogens is 3. The third-order valence-corrected chi connectivity index (χ3v) is 7.88. The topological polar surface area (TPSA) is 127 Å². The van der Waals surface area contributed by atoms with E-state index < -0.39 is 35.6 Å². The summed E-state index contributed by atoms with van der Waals surface area (Å²) in [6, 6.07) is 2.44. The first-order chi connectivity index (χ1) is 20.6. The van der Waals surface area contributed by atoms with Crippen LogP contribution in [0.1, 0.15) is 60.4 Å². The van der Waals surface area contributed by atoms with Gasteiger partial charge in [0, 0.05) is 60.1 Å². The lowest BCUT2D eigenvalue weighted by molar-refractivity contribution is -0.145. The zero-order chi connectivity index (χ0) is 32.0. The van der Waals surface area contributed by atoms with Crippen molar-refractivity contribution in [1.29, 1.82) is 0 Å². The molecule has 15 heteroatoms. The maximum atomic E-state index is 13.5. The molecule has 1 N–H and O–H groups in total. The van der Waals surface area contributed by atoms with Crippen molar-refractivity contribution in [2.75, 3.05) is 31.1 Å². The molecule has 0 saturated carbocycles. The van der Waals surface area contributed by atoms with Crippen molar-refractivity contribution < 1.29 is 37.0 Å². The lowest BCUT2D eigenvalue weighted by Gasteiger charge is -2.42. The number of hydrogen-bond donors (Lipinski definition) is 1. The fourth-order valence-corrected chi connectivity index (χ4v) is 5.55. The minimum absolute atomic E-state index is 0.0276. The number of alkyl halides is 3. The highest BCUT2D eigenvalue weighted by molar-refractivity contribution is 7.15. The first-order valence-corrected chi connectivity index (χ1v) is 14.6. The Morgan fingerprint density at radius 3 is 2.41 bits per heavy atom. The molecule has 0 spiro atoms. The highest BCUT2D eigenvalue weighted by atomic mass is 32.1. The van der Waals surface area contributed by atoms with E-state index in [4.69, 9.17) is 9.47 Å². The molecule has 1 atom stereocenters. The van der Waals surface area contributed by atoms with Crippen LogP contribution in [0.3, 0.4) is 0 Å². The lowest BCUT2D eigenvalue weighted by atomic mass is 9.98. The fraction of sp³-hybridized carbons (Fsp3) is 0.448. The molecule has 3 aromatic rings. The summed E-state index contributed by atoms with van der Waals surface area (Å²) in [6.45, 7) is 9.75. The number of carbonyl (C=O) groups is 3. The van der Waals surface area contributed by atoms with Crippen molar-refractivity contribution >= 4 is 34.9 Å². The van der Waals surface area contributed by atoms with Crippen molar-refractivity contribution in [3.05, 3.63) is 52.6 Å². The fourth-order valence-electron chi connectivity index (χ4n) is 4.77. The minimum Gasteiger partial charge on any atom is -0.481 e. The van der Waals surface area contributed by atoms with E-state index in [1.165, 1.54) is 11.3 Å². The molecule has 4 heterocycles. The van der Waals surface area contributed by atoms with Crippen LogP contribution in [0.5, 0.6) is 5.75 Å². The Hall–Kier alpha value is -4.27. The molecular formula is C29H31F3N6O5S. The summed E-state index contributed by atoms with van der Waals surface area (Å²) in [4.78, 5) is 54.3. The van der Waals surface area contributed by atoms with Gasteiger partial charge in [0.1, 0.15) is 10.6 Å². The molecule has 1 unspecified atom stereocenters. The predicted octanol–water partition coefficient (Wildman–Crippen LogP) is 5.01. The average Bonchev–Trinajstić information content (AvgIpc) is 3.35. The number of amides is 3. The molecule has 2 aliphatic rings. The van der Waals surface area contributed by atoms with Gasteiger partial charge in [-0.2, -0.15) is 13.2 Å². The van der Waals surface area contributed by atoms with E-state index in [1.807, 2.05) is 6.92 Å². The third kappa shape index (κ3) is 6.77. The van der Waals surface area contributed by atoms with E-state index in [9.17, 15) is 27.6 Å². The molecule has 2 aromatic heterocycles. The van der Waals surface area contributed by atoms with Gasteiger partial charge in [-0.15, -0.1) is 11.3 Å². The van der Waals surface area contributed by atoms with E-state index in [0.29, 0.717) is 35.1 Å². The van der Waals surface area contributed by atoms with Crippen LogP contribution in [0.15, 0.2) is 30.7 Å². The summed E-state index contributed by atoms with van der Waals surface area (Å²) in [5.74, 6) is -1.73. The van der Waals surface area contributed by atoms with Gasteiger partial charge < -0.3 is 24.6 Å². The zero-order valence-corrected chi connectivity index (χ0v) is 25.5. The first kappa shape index (κ1) is 31.2. The molecule has 1 aromatic carbocycles. The number of anilines is 1. The zero-order valence-electron chi connectivity index (χ0n) is 24.7. The number of ether oxygens (including phenoxy) is 2. The number of nitrogens with zero attached hydrogens (tertiary/aromatic N) is 5. The lowest BCUT2D eigenvalue weighted by Crippen LogP contribution is -2.56. The van der Waals surface area contributed by atoms with E-state index in [1.54, 1.807) is 55.8 Å². The first-order valence-electron chi connectivity index (χ1n) is 13.8. The van der Waals surface area contributed by atoms with Gasteiger partial charge in [0.25, 0.3) is 11.8 Å². The molecule has 3 amide bonds. The van der Waals surface area contributed by atoms with Crippen molar-refractivity contribution in [1.82, 2.24) is 25.2 Å². The molecule has 2 aliphatic heterocycles. The number of fused-ring (bicyclic) bond motifs is 1. The molecule has 1 fully saturated rings. The van der Waals surface area contributed by atoms with E-state index >= 15 is 0 Å². The Kier molecular flexibility index (Phi) is 8.27. The smallest absolute Gasteiger partial charge is 0.451 e. The van der Waals surface area contributed by atoms with Gasteiger partial charge in [-0.3, -0.25) is 9.59 Å². The minimum atomic E-state index is -4.68. The molecule has 0 bridgehead atoms. The molecule has 234 valence electrons. The Bertz CT molecular complexity index is 1580. The number of thiazole rings is 1. The van der Waals surface area contributed by atoms with Crippen LogP contribution in [0.4, 0.5) is 23.7 Å². The maximum absolute atomic E-state index is 13.5. The summed E-state index contributed by atoms with van der Waals surface area (Å²) >= 11 is 1.39. The number of carbonyl (C=O) groups excluding carboxylic acids is 3. The SMILES string of the molecule is Cc1cnc(-c2cc(C(=O)NC(C)c3cnc(C(F)(F)F)nc3)cc3c2OCC(=O)N3CC2CN(C(=O)OC(C)(C)C)C2)s1. The highest BCUT2D eigenvalue weighted by Crippen LogP contribution is 2.44. The van der Waals surface area contributed by atoms with Gasteiger partial charge in [0.15, 0.2) is 12.4 Å². The standard InChI is InChI=1S/C29H31F3N6O5S/c1-15-8-33-25(44-15)20-6-18(24(40)36-16(2)19-9-34-26(35-10-19)29(30,31)32)7-21-23(20)42-14-22(39)38(21)13-17-11-37(12-17)27(41)43-28(3,4)5/h6-10,16-17H,11-14H2,1-5H3,(H,36,40). The van der Waals surface area contributed by atoms with Crippen molar-refractivity contribution in [3.63, 3.8) is 0 Å². The van der Waals surface area contributed by atoms with Crippen LogP contribution in [0, 0.1) is 12.8 Å². The molecule has 5 rings (SSSR count). The number of aryl methyl sites for hydroxylation is 1. The molecule has 0 radical (unpaired) electrons. The Morgan fingerprint density at radius 2 is 1.82 bits per heavy atom. The van der Waals surface area contributed by atoms with E-state index in [0.717, 1.165) is 17.3 Å². The van der Waals surface area contributed by atoms with Crippen molar-refractivity contribution in [3.8, 4) is 16.3 Å². The number of likely N-dealkylation sites (tertiary alicyclic amines) is 1. The summed E-state index contributed by atoms with van der Waals surface area (Å²) in [5, 5.41) is 3.36. The van der Waals surface area contributed by atoms with Crippen LogP contribution in [0.25, 0.3) is 10.6 Å². The Balaban J connectivity index is 1.40. The Labute approximate surface area is 255 Å². The molecule has 0 aliphatic carbocycles. The molecule has 44 heavy (non-hydrogen) atoms. The summed E-state index contributed by atoms with van der Waals surface area (Å²) in [6.07, 6.45) is -1.37. The van der Waals surface area contributed by atoms with Crippen molar-refractivity contribution in [2.24, 2.45) is 5.92 Å². The molecule has 1 saturated heterocycles. The monoisotopic (exact) mass is 632 g/mol. The van der Waals surface area contributed by atoms with Gasteiger partial charge >= 0.3 is 12.3 Å². The largest absolute Gasteiger partial charge is 0.481 e. The van der Waals surface area contributed by atoms with E-state index in [2.05, 4.69) is 20.3 Å². The second kappa shape index (κ2) is 11.7. The highest BCUT2D eigenvalue weighted by Gasteiger charge is 2.39. The molecular weight excluding hydrogens is 601 g/mol. The van der Waals surface area contributed by atoms with E-state index in [-0.39, 0.29) is 36.1 Å². The second-order valence-corrected chi connectivity index (χ2v) is 13.0. The van der Waals surface area contributed by atoms with Gasteiger partial charge in [0.05, 0.1) is 17.3 Å². The predicted molar refractivity (Wildman–Crippen MR) is 154 cm³/mol. The van der Waals surface area contributed by atoms with Crippen LogP contribution >= 0.6 is 11.3 Å². The molecule has 11 nitrogen and oxygen atoms in total. The van der Waals surface area contributed by atoms with Gasteiger partial charge in [-0.25, -0.2) is 19.7 Å². The number of hydrogen-bond acceptors (Lipinski definition) is 9. The number of halogens is 3. The number of benzene rings is 1. The van der Waals surface area contributed by atoms with Crippen LogP contribution in [0.2, 0.25) is 0 Å². The van der Waals surface area contributed by atoms with Crippen molar-refractivity contribution in [2.45, 2.75) is 52.4 Å². The van der Waals surface area contributed by atoms with Gasteiger partial charge in [-0.05, 0) is 46.8 Å². The van der Waals surface area contributed by atoms with Crippen LogP contribution in [-0.2, 0) is 15.7 Å². The maximum Gasteiger partial charge on any atom is 0.451 e. The summed E-state index contributed by atoms with van der Waals surface area (Å²) in [7, 11) is 0. The Morgan fingerprint density at radius 1 is 1.14 bits per heavy atom. The number of rotatable bonds is 6. The third-order valence-electron chi connectivity index (χ3n) is 6.94. The number of nitrogens with one attached hydrogen (secondary N) is 1. The normalized spacial score (nSPS) is 16.1. The average molecular weight is 633 g/mol. The van der Waals surface area contributed by atoms with Gasteiger partial charge in [0.2, 0.25) is 5.82 Å².